The lowest BCUT2D eigenvalue weighted by Gasteiger charge is -2.39. The maximum Gasteiger partial charge on any atom is 0.0303 e. The summed E-state index contributed by atoms with van der Waals surface area (Å²) >= 11 is 0. The number of hydrogen-bond donors (Lipinski definition) is 0. The van der Waals surface area contributed by atoms with Gasteiger partial charge in [0.2, 0.25) is 0 Å². The molecule has 2 heteroatoms. The maximum atomic E-state index is 2.69. The van der Waals surface area contributed by atoms with Gasteiger partial charge in [-0.3, -0.25) is 0 Å². The van der Waals surface area contributed by atoms with Crippen molar-refractivity contribution in [2.24, 2.45) is 11.3 Å². The Kier molecular flexibility index (Phi) is 9.41. The Hall–Kier alpha value is -0.500. The summed E-state index contributed by atoms with van der Waals surface area (Å²) in [6, 6.07) is 0. The Labute approximate surface area is 152 Å². The van der Waals surface area contributed by atoms with Crippen molar-refractivity contribution in [2.75, 3.05) is 32.7 Å². The zero-order chi connectivity index (χ0) is 18.2. The second-order valence-electron chi connectivity index (χ2n) is 8.45. The highest BCUT2D eigenvalue weighted by Crippen LogP contribution is 2.34. The third kappa shape index (κ3) is 6.43. The first-order chi connectivity index (χ1) is 11.4. The number of hydrogen-bond acceptors (Lipinski definition) is 2. The van der Waals surface area contributed by atoms with E-state index in [1.54, 1.807) is 11.3 Å². The largest absolute Gasteiger partial charge is 0.372 e. The quantitative estimate of drug-likeness (QED) is 0.487. The minimum absolute atomic E-state index is 0.501. The fourth-order valence-electron chi connectivity index (χ4n) is 4.41. The number of nitrogens with zero attached hydrogens (tertiary/aromatic N) is 2. The summed E-state index contributed by atoms with van der Waals surface area (Å²) in [7, 11) is 0. The molecular formula is C22H44N2. The first kappa shape index (κ1) is 21.5. The zero-order valence-electron chi connectivity index (χ0n) is 17.7. The molecule has 142 valence electrons. The van der Waals surface area contributed by atoms with Crippen LogP contribution in [0.1, 0.15) is 87.0 Å². The van der Waals surface area contributed by atoms with Crippen LogP contribution in [0.25, 0.3) is 0 Å². The minimum Gasteiger partial charge on any atom is -0.372 e. The Balaban J connectivity index is 2.76. The molecule has 1 atom stereocenters. The van der Waals surface area contributed by atoms with Gasteiger partial charge in [0.25, 0.3) is 0 Å². The van der Waals surface area contributed by atoms with Gasteiger partial charge in [0.05, 0.1) is 0 Å². The lowest BCUT2D eigenvalue weighted by molar-refractivity contribution is 0.160. The summed E-state index contributed by atoms with van der Waals surface area (Å²) in [5, 5.41) is 0. The fourth-order valence-corrected chi connectivity index (χ4v) is 4.41. The highest BCUT2D eigenvalue weighted by atomic mass is 15.3. The highest BCUT2D eigenvalue weighted by molar-refractivity contribution is 5.16. The average molecular weight is 337 g/mol. The molecule has 0 radical (unpaired) electrons. The van der Waals surface area contributed by atoms with Crippen LogP contribution in [0.15, 0.2) is 11.3 Å². The molecule has 1 fully saturated rings. The van der Waals surface area contributed by atoms with Gasteiger partial charge in [-0.2, -0.15) is 0 Å². The van der Waals surface area contributed by atoms with Crippen molar-refractivity contribution in [1.82, 2.24) is 9.80 Å². The molecule has 1 aliphatic rings. The molecule has 0 saturated carbocycles. The van der Waals surface area contributed by atoms with E-state index in [4.69, 9.17) is 0 Å². The lowest BCUT2D eigenvalue weighted by atomic mass is 9.79. The monoisotopic (exact) mass is 336 g/mol. The van der Waals surface area contributed by atoms with Crippen molar-refractivity contribution in [2.45, 2.75) is 87.0 Å². The molecule has 0 bridgehead atoms. The third-order valence-corrected chi connectivity index (χ3v) is 6.06. The molecule has 0 amide bonds. The Morgan fingerprint density at radius 2 is 1.54 bits per heavy atom. The predicted molar refractivity (Wildman–Crippen MR) is 108 cm³/mol. The first-order valence-electron chi connectivity index (χ1n) is 10.6. The molecule has 1 rings (SSSR count). The van der Waals surface area contributed by atoms with Crippen molar-refractivity contribution >= 4 is 0 Å². The molecule has 0 aromatic heterocycles. The zero-order valence-corrected chi connectivity index (χ0v) is 17.7. The minimum atomic E-state index is 0.501. The molecule has 1 saturated heterocycles. The van der Waals surface area contributed by atoms with Gasteiger partial charge in [0.15, 0.2) is 0 Å². The Morgan fingerprint density at radius 3 is 2.00 bits per heavy atom. The van der Waals surface area contributed by atoms with Gasteiger partial charge < -0.3 is 9.80 Å². The summed E-state index contributed by atoms with van der Waals surface area (Å²) in [5.74, 6) is 0.727. The number of allylic oxidation sites excluding steroid dienone is 2. The number of likely N-dealkylation sites (N-methyl/N-ethyl adjacent to an activating group) is 1. The van der Waals surface area contributed by atoms with Crippen LogP contribution in [0.5, 0.6) is 0 Å². The number of piperazine rings is 1. The van der Waals surface area contributed by atoms with Gasteiger partial charge in [0.1, 0.15) is 0 Å². The summed E-state index contributed by atoms with van der Waals surface area (Å²) in [4.78, 5) is 5.27. The van der Waals surface area contributed by atoms with Crippen molar-refractivity contribution in [3.05, 3.63) is 11.3 Å². The van der Waals surface area contributed by atoms with E-state index in [0.717, 1.165) is 5.92 Å². The molecule has 0 aromatic carbocycles. The molecule has 2 nitrogen and oxygen atoms in total. The Morgan fingerprint density at radius 1 is 0.917 bits per heavy atom. The van der Waals surface area contributed by atoms with Crippen LogP contribution in [0.4, 0.5) is 0 Å². The predicted octanol–water partition coefficient (Wildman–Crippen LogP) is 5.94. The van der Waals surface area contributed by atoms with Gasteiger partial charge in [0, 0.05) is 31.9 Å². The Bertz CT molecular complexity index is 375. The van der Waals surface area contributed by atoms with E-state index in [0.29, 0.717) is 5.41 Å². The topological polar surface area (TPSA) is 6.48 Å². The van der Waals surface area contributed by atoms with Gasteiger partial charge in [-0.05, 0) is 55.6 Å². The van der Waals surface area contributed by atoms with Crippen LogP contribution in [0, 0.1) is 11.3 Å². The van der Waals surface area contributed by atoms with E-state index < -0.39 is 0 Å². The molecule has 0 aliphatic carbocycles. The second kappa shape index (κ2) is 10.5. The molecule has 0 spiro atoms. The van der Waals surface area contributed by atoms with Gasteiger partial charge in [-0.15, -0.1) is 0 Å². The molecule has 0 aromatic rings. The van der Waals surface area contributed by atoms with Crippen molar-refractivity contribution in [3.8, 4) is 0 Å². The van der Waals surface area contributed by atoms with Gasteiger partial charge in [-0.25, -0.2) is 0 Å². The molecule has 24 heavy (non-hydrogen) atoms. The van der Waals surface area contributed by atoms with E-state index >= 15 is 0 Å². The van der Waals surface area contributed by atoms with Gasteiger partial charge >= 0.3 is 0 Å². The van der Waals surface area contributed by atoms with Crippen LogP contribution in [-0.2, 0) is 0 Å². The van der Waals surface area contributed by atoms with Crippen LogP contribution in [0.2, 0.25) is 0 Å². The van der Waals surface area contributed by atoms with Crippen molar-refractivity contribution in [1.29, 1.82) is 0 Å². The van der Waals surface area contributed by atoms with E-state index in [9.17, 15) is 0 Å². The normalized spacial score (nSPS) is 19.4. The summed E-state index contributed by atoms with van der Waals surface area (Å²) in [6.45, 7) is 22.8. The molecule has 1 aliphatic heterocycles. The second-order valence-corrected chi connectivity index (χ2v) is 8.45. The highest BCUT2D eigenvalue weighted by Gasteiger charge is 2.23. The lowest BCUT2D eigenvalue weighted by Crippen LogP contribution is -2.45. The standard InChI is InChI=1S/C22H44N2/c1-8-13-22(6,7)14-12-19(5)20(9-2)21(10-3)24-17-15-23(11-4)16-18-24/h19H,8-18H2,1-7H3/b21-20-. The summed E-state index contributed by atoms with van der Waals surface area (Å²) in [5.41, 5.74) is 3.89. The number of rotatable bonds is 10. The molecule has 1 heterocycles. The van der Waals surface area contributed by atoms with E-state index in [1.807, 2.05) is 0 Å². The SMILES string of the molecule is CCCC(C)(C)CCC(C)/C(CC)=C(/CC)N1CCN(CC)CC1. The van der Waals surface area contributed by atoms with E-state index in [2.05, 4.69) is 58.3 Å². The van der Waals surface area contributed by atoms with Crippen molar-refractivity contribution < 1.29 is 0 Å². The smallest absolute Gasteiger partial charge is 0.0303 e. The summed E-state index contributed by atoms with van der Waals surface area (Å²) in [6.07, 6.45) is 7.76. The first-order valence-corrected chi connectivity index (χ1v) is 10.6. The van der Waals surface area contributed by atoms with E-state index in [1.165, 1.54) is 71.2 Å². The van der Waals surface area contributed by atoms with Gasteiger partial charge in [-0.1, -0.05) is 54.9 Å². The van der Waals surface area contributed by atoms with Crippen molar-refractivity contribution in [3.63, 3.8) is 0 Å². The van der Waals surface area contributed by atoms with Crippen LogP contribution >= 0.6 is 0 Å². The fraction of sp³-hybridized carbons (Fsp3) is 0.909. The molecule has 1 unspecified atom stereocenters. The van der Waals surface area contributed by atoms with Crippen LogP contribution in [-0.4, -0.2) is 42.5 Å². The van der Waals surface area contributed by atoms with E-state index in [-0.39, 0.29) is 0 Å². The molecular weight excluding hydrogens is 292 g/mol. The molecule has 0 N–H and O–H groups in total. The maximum absolute atomic E-state index is 2.69. The van der Waals surface area contributed by atoms with Crippen LogP contribution in [0.3, 0.4) is 0 Å². The third-order valence-electron chi connectivity index (χ3n) is 6.06. The summed E-state index contributed by atoms with van der Waals surface area (Å²) < 4.78 is 0. The van der Waals surface area contributed by atoms with Crippen LogP contribution < -0.4 is 0 Å². The average Bonchev–Trinajstić information content (AvgIpc) is 2.57.